The molecule has 0 aliphatic rings. The molecule has 2 N–H and O–H groups in total. The standard InChI is InChI=1S/C14H18FN5O4S2/c1-20(8-13(21)16-5-6-25-14-17-9-18-19-14)26(22,23)12-7-10(15)3-4-11(12)24-2/h3-4,7,9H,5-6,8H2,1-2H3,(H,16,21)(H,17,18,19). The highest BCUT2D eigenvalue weighted by molar-refractivity contribution is 7.99. The number of nitrogens with zero attached hydrogens (tertiary/aromatic N) is 3. The summed E-state index contributed by atoms with van der Waals surface area (Å²) in [6.45, 7) is -0.0870. The van der Waals surface area contributed by atoms with Gasteiger partial charge in [0.2, 0.25) is 15.9 Å². The van der Waals surface area contributed by atoms with Crippen LogP contribution < -0.4 is 10.1 Å². The van der Waals surface area contributed by atoms with Gasteiger partial charge in [0.25, 0.3) is 0 Å². The number of thioether (sulfide) groups is 1. The topological polar surface area (TPSA) is 117 Å². The molecule has 1 amide bonds. The maximum absolute atomic E-state index is 13.4. The Kier molecular flexibility index (Phi) is 6.94. The third-order valence-electron chi connectivity index (χ3n) is 3.24. The van der Waals surface area contributed by atoms with Crippen LogP contribution in [0.2, 0.25) is 0 Å². The number of sulfonamides is 1. The second kappa shape index (κ2) is 8.96. The van der Waals surface area contributed by atoms with Crippen molar-refractivity contribution in [1.29, 1.82) is 0 Å². The molecule has 2 aromatic rings. The highest BCUT2D eigenvalue weighted by atomic mass is 32.2. The number of amides is 1. The summed E-state index contributed by atoms with van der Waals surface area (Å²) in [5.41, 5.74) is 0. The number of aromatic nitrogens is 3. The van der Waals surface area contributed by atoms with Crippen molar-refractivity contribution in [2.45, 2.75) is 10.1 Å². The van der Waals surface area contributed by atoms with E-state index in [9.17, 15) is 17.6 Å². The molecule has 0 unspecified atom stereocenters. The van der Waals surface area contributed by atoms with E-state index in [-0.39, 0.29) is 10.6 Å². The Balaban J connectivity index is 1.92. The molecule has 0 aliphatic heterocycles. The van der Waals surface area contributed by atoms with Gasteiger partial charge < -0.3 is 10.1 Å². The lowest BCUT2D eigenvalue weighted by molar-refractivity contribution is -0.121. The monoisotopic (exact) mass is 403 g/mol. The molecule has 0 spiro atoms. The number of carbonyl (C=O) groups is 1. The Hall–Kier alpha value is -2.18. The minimum atomic E-state index is -4.09. The van der Waals surface area contributed by atoms with E-state index in [2.05, 4.69) is 20.5 Å². The first-order valence-corrected chi connectivity index (χ1v) is 9.82. The van der Waals surface area contributed by atoms with Crippen LogP contribution >= 0.6 is 11.8 Å². The molecule has 142 valence electrons. The van der Waals surface area contributed by atoms with E-state index in [1.165, 1.54) is 38.3 Å². The first-order valence-electron chi connectivity index (χ1n) is 7.39. The summed E-state index contributed by atoms with van der Waals surface area (Å²) in [7, 11) is -1.56. The fraction of sp³-hybridized carbons (Fsp3) is 0.357. The summed E-state index contributed by atoms with van der Waals surface area (Å²) in [6.07, 6.45) is 1.38. The number of ether oxygens (including phenoxy) is 1. The van der Waals surface area contributed by atoms with Gasteiger partial charge in [0.05, 0.1) is 13.7 Å². The second-order valence-electron chi connectivity index (χ2n) is 5.05. The Labute approximate surface area is 154 Å². The van der Waals surface area contributed by atoms with Crippen LogP contribution in [-0.2, 0) is 14.8 Å². The van der Waals surface area contributed by atoms with Crippen LogP contribution in [0.25, 0.3) is 0 Å². The molecule has 0 atom stereocenters. The van der Waals surface area contributed by atoms with Crippen molar-refractivity contribution < 1.29 is 22.3 Å². The average Bonchev–Trinajstić information content (AvgIpc) is 3.12. The number of methoxy groups -OCH3 is 1. The van der Waals surface area contributed by atoms with E-state index < -0.39 is 28.3 Å². The first-order chi connectivity index (χ1) is 12.3. The highest BCUT2D eigenvalue weighted by Gasteiger charge is 2.27. The van der Waals surface area contributed by atoms with E-state index in [0.717, 1.165) is 16.4 Å². The molecule has 26 heavy (non-hydrogen) atoms. The molecular weight excluding hydrogens is 385 g/mol. The lowest BCUT2D eigenvalue weighted by Gasteiger charge is -2.18. The normalized spacial score (nSPS) is 11.5. The van der Waals surface area contributed by atoms with Crippen molar-refractivity contribution in [3.05, 3.63) is 30.3 Å². The fourth-order valence-electron chi connectivity index (χ4n) is 1.97. The van der Waals surface area contributed by atoms with E-state index >= 15 is 0 Å². The Morgan fingerprint density at radius 3 is 2.88 bits per heavy atom. The van der Waals surface area contributed by atoms with Crippen molar-refractivity contribution in [2.75, 3.05) is 33.0 Å². The maximum atomic E-state index is 13.4. The number of rotatable bonds is 9. The molecule has 0 radical (unpaired) electrons. The lowest BCUT2D eigenvalue weighted by atomic mass is 10.3. The minimum Gasteiger partial charge on any atom is -0.495 e. The van der Waals surface area contributed by atoms with E-state index in [1.54, 1.807) is 0 Å². The van der Waals surface area contributed by atoms with Crippen molar-refractivity contribution in [1.82, 2.24) is 24.8 Å². The van der Waals surface area contributed by atoms with E-state index in [1.807, 2.05) is 0 Å². The van der Waals surface area contributed by atoms with Gasteiger partial charge in [-0.1, -0.05) is 11.8 Å². The van der Waals surface area contributed by atoms with Crippen molar-refractivity contribution >= 4 is 27.7 Å². The molecule has 0 aliphatic carbocycles. The molecule has 0 fully saturated rings. The molecule has 1 heterocycles. The van der Waals surface area contributed by atoms with Crippen molar-refractivity contribution in [3.8, 4) is 5.75 Å². The Bertz CT molecular complexity index is 845. The smallest absolute Gasteiger partial charge is 0.247 e. The predicted octanol–water partition coefficient (Wildman–Crippen LogP) is 0.481. The number of likely N-dealkylation sites (N-methyl/N-ethyl adjacent to an activating group) is 1. The highest BCUT2D eigenvalue weighted by Crippen LogP contribution is 2.26. The van der Waals surface area contributed by atoms with Crippen LogP contribution in [-0.4, -0.2) is 66.8 Å². The minimum absolute atomic E-state index is 0.00196. The third kappa shape index (κ3) is 5.16. The van der Waals surface area contributed by atoms with Gasteiger partial charge in [-0.3, -0.25) is 9.89 Å². The second-order valence-corrected chi connectivity index (χ2v) is 8.14. The molecule has 0 bridgehead atoms. The number of aromatic amines is 1. The number of carbonyl (C=O) groups excluding carboxylic acids is 1. The van der Waals surface area contributed by atoms with Crippen LogP contribution in [0.15, 0.2) is 34.6 Å². The van der Waals surface area contributed by atoms with E-state index in [0.29, 0.717) is 17.5 Å². The molecule has 9 nitrogen and oxygen atoms in total. The molecule has 2 rings (SSSR count). The molecular formula is C14H18FN5O4S2. The largest absolute Gasteiger partial charge is 0.495 e. The molecule has 0 saturated heterocycles. The van der Waals surface area contributed by atoms with Gasteiger partial charge in [-0.25, -0.2) is 17.8 Å². The summed E-state index contributed by atoms with van der Waals surface area (Å²) in [5.74, 6) is -0.659. The number of halogens is 1. The third-order valence-corrected chi connectivity index (χ3v) is 5.94. The maximum Gasteiger partial charge on any atom is 0.247 e. The zero-order chi connectivity index (χ0) is 19.2. The van der Waals surface area contributed by atoms with Crippen LogP contribution in [0, 0.1) is 5.82 Å². The number of benzene rings is 1. The number of hydrogen-bond acceptors (Lipinski definition) is 7. The fourth-order valence-corrected chi connectivity index (χ4v) is 3.89. The number of hydrogen-bond donors (Lipinski definition) is 2. The van der Waals surface area contributed by atoms with Gasteiger partial charge >= 0.3 is 0 Å². The molecule has 0 saturated carbocycles. The SMILES string of the molecule is COc1ccc(F)cc1S(=O)(=O)N(C)CC(=O)NCCSc1ncn[nH]1. The Morgan fingerprint density at radius 1 is 1.46 bits per heavy atom. The van der Waals surface area contributed by atoms with Crippen molar-refractivity contribution in [2.24, 2.45) is 0 Å². The Morgan fingerprint density at radius 2 is 2.23 bits per heavy atom. The van der Waals surface area contributed by atoms with Gasteiger partial charge in [-0.2, -0.15) is 9.40 Å². The summed E-state index contributed by atoms with van der Waals surface area (Å²) in [4.78, 5) is 15.5. The van der Waals surface area contributed by atoms with Crippen LogP contribution in [0.5, 0.6) is 5.75 Å². The molecule has 1 aromatic carbocycles. The van der Waals surface area contributed by atoms with E-state index in [4.69, 9.17) is 4.74 Å². The first kappa shape index (κ1) is 20.1. The summed E-state index contributed by atoms with van der Waals surface area (Å²) in [6, 6.07) is 3.17. The zero-order valence-corrected chi connectivity index (χ0v) is 15.7. The van der Waals surface area contributed by atoms with Crippen LogP contribution in [0.4, 0.5) is 4.39 Å². The molecule has 1 aromatic heterocycles. The van der Waals surface area contributed by atoms with Gasteiger partial charge in [0.15, 0.2) is 5.16 Å². The van der Waals surface area contributed by atoms with Crippen molar-refractivity contribution in [3.63, 3.8) is 0 Å². The van der Waals surface area contributed by atoms with Gasteiger partial charge in [-0.15, -0.1) is 0 Å². The van der Waals surface area contributed by atoms with Gasteiger partial charge in [0, 0.05) is 19.3 Å². The molecule has 12 heteroatoms. The summed E-state index contributed by atoms with van der Waals surface area (Å²) in [5, 5.41) is 9.60. The average molecular weight is 403 g/mol. The number of H-pyrrole nitrogens is 1. The predicted molar refractivity (Wildman–Crippen MR) is 92.9 cm³/mol. The number of nitrogens with one attached hydrogen (secondary N) is 2. The zero-order valence-electron chi connectivity index (χ0n) is 14.1. The lowest BCUT2D eigenvalue weighted by Crippen LogP contribution is -2.39. The van der Waals surface area contributed by atoms with Crippen LogP contribution in [0.1, 0.15) is 0 Å². The van der Waals surface area contributed by atoms with Gasteiger partial charge in [0.1, 0.15) is 22.8 Å². The summed E-state index contributed by atoms with van der Waals surface area (Å²) >= 11 is 1.36. The van der Waals surface area contributed by atoms with Crippen LogP contribution in [0.3, 0.4) is 0 Å². The van der Waals surface area contributed by atoms with Gasteiger partial charge in [-0.05, 0) is 18.2 Å². The quantitative estimate of drug-likeness (QED) is 0.462. The summed E-state index contributed by atoms with van der Waals surface area (Å²) < 4.78 is 44.4.